The number of nitrogens with zero attached hydrogens (tertiary/aromatic N) is 1. The lowest BCUT2D eigenvalue weighted by atomic mass is 9.85. The molecule has 2 nitrogen and oxygen atoms in total. The first-order valence-corrected chi connectivity index (χ1v) is 6.31. The van der Waals surface area contributed by atoms with Gasteiger partial charge >= 0.3 is 0 Å². The average molecular weight is 236 g/mol. The minimum atomic E-state index is -0.136. The fourth-order valence-corrected chi connectivity index (χ4v) is 2.84. The normalized spacial score (nSPS) is 19.5. The summed E-state index contributed by atoms with van der Waals surface area (Å²) in [5, 5.41) is 3.38. The van der Waals surface area contributed by atoms with Gasteiger partial charge in [0.2, 0.25) is 0 Å². The van der Waals surface area contributed by atoms with Crippen molar-refractivity contribution >= 4 is 0 Å². The van der Waals surface area contributed by atoms with Crippen LogP contribution in [0.3, 0.4) is 0 Å². The third-order valence-electron chi connectivity index (χ3n) is 3.58. The van der Waals surface area contributed by atoms with Crippen LogP contribution in [0.2, 0.25) is 0 Å². The van der Waals surface area contributed by atoms with Gasteiger partial charge < -0.3 is 10.2 Å². The quantitative estimate of drug-likeness (QED) is 0.867. The maximum Gasteiger partial charge on any atom is 0.123 e. The predicted octanol–water partition coefficient (Wildman–Crippen LogP) is 2.43. The molecule has 1 saturated heterocycles. The monoisotopic (exact) mass is 236 g/mol. The molecule has 0 aliphatic carbocycles. The number of nitrogens with one attached hydrogen (secondary N) is 1. The summed E-state index contributed by atoms with van der Waals surface area (Å²) in [6.07, 6.45) is 2.33. The molecule has 1 aromatic carbocycles. The van der Waals surface area contributed by atoms with Gasteiger partial charge in [-0.1, -0.05) is 12.1 Å². The SMILES string of the molecule is CN(C)C(c1cccc(F)c1)C1CCNCC1. The van der Waals surface area contributed by atoms with E-state index in [1.165, 1.54) is 18.9 Å². The van der Waals surface area contributed by atoms with E-state index < -0.39 is 0 Å². The van der Waals surface area contributed by atoms with Crippen molar-refractivity contribution in [2.75, 3.05) is 27.2 Å². The molecule has 1 aromatic rings. The fourth-order valence-electron chi connectivity index (χ4n) is 2.84. The van der Waals surface area contributed by atoms with Crippen LogP contribution in [0, 0.1) is 11.7 Å². The molecule has 94 valence electrons. The molecule has 0 saturated carbocycles. The fraction of sp³-hybridized carbons (Fsp3) is 0.571. The van der Waals surface area contributed by atoms with Crippen molar-refractivity contribution in [2.24, 2.45) is 5.92 Å². The molecule has 0 aromatic heterocycles. The summed E-state index contributed by atoms with van der Waals surface area (Å²) in [7, 11) is 4.16. The Bertz CT molecular complexity index is 359. The molecule has 0 bridgehead atoms. The highest BCUT2D eigenvalue weighted by Gasteiger charge is 2.26. The lowest BCUT2D eigenvalue weighted by Gasteiger charge is -2.35. The highest BCUT2D eigenvalue weighted by atomic mass is 19.1. The van der Waals surface area contributed by atoms with Crippen LogP contribution in [0.4, 0.5) is 4.39 Å². The molecule has 0 spiro atoms. The molecule has 1 heterocycles. The molecule has 0 radical (unpaired) electrons. The second kappa shape index (κ2) is 5.61. The molecule has 1 fully saturated rings. The summed E-state index contributed by atoms with van der Waals surface area (Å²) >= 11 is 0. The summed E-state index contributed by atoms with van der Waals surface area (Å²) in [5.74, 6) is 0.483. The van der Waals surface area contributed by atoms with Crippen molar-refractivity contribution in [1.82, 2.24) is 10.2 Å². The maximum atomic E-state index is 13.3. The summed E-state index contributed by atoms with van der Waals surface area (Å²) in [6.45, 7) is 2.15. The van der Waals surface area contributed by atoms with Gasteiger partial charge in [-0.05, 0) is 63.6 Å². The molecule has 1 N–H and O–H groups in total. The summed E-state index contributed by atoms with van der Waals surface area (Å²) in [5.41, 5.74) is 1.10. The van der Waals surface area contributed by atoms with Gasteiger partial charge in [0, 0.05) is 6.04 Å². The lowest BCUT2D eigenvalue weighted by molar-refractivity contribution is 0.177. The third-order valence-corrected chi connectivity index (χ3v) is 3.58. The third kappa shape index (κ3) is 3.05. The minimum absolute atomic E-state index is 0.136. The topological polar surface area (TPSA) is 15.3 Å². The van der Waals surface area contributed by atoms with Crippen LogP contribution in [-0.2, 0) is 0 Å². The van der Waals surface area contributed by atoms with E-state index in [1.54, 1.807) is 6.07 Å². The molecule has 1 atom stereocenters. The Balaban J connectivity index is 2.21. The molecular formula is C14H21FN2. The summed E-state index contributed by atoms with van der Waals surface area (Å²) in [4.78, 5) is 2.21. The van der Waals surface area contributed by atoms with Gasteiger partial charge in [-0.15, -0.1) is 0 Å². The Morgan fingerprint density at radius 3 is 2.59 bits per heavy atom. The van der Waals surface area contributed by atoms with E-state index in [2.05, 4.69) is 24.3 Å². The smallest absolute Gasteiger partial charge is 0.123 e. The van der Waals surface area contributed by atoms with Gasteiger partial charge in [-0.3, -0.25) is 0 Å². The Hall–Kier alpha value is -0.930. The zero-order valence-electron chi connectivity index (χ0n) is 10.6. The first-order valence-electron chi connectivity index (χ1n) is 6.31. The Morgan fingerprint density at radius 1 is 1.29 bits per heavy atom. The molecule has 1 aliphatic rings. The number of piperidine rings is 1. The van der Waals surface area contributed by atoms with E-state index in [4.69, 9.17) is 0 Å². The van der Waals surface area contributed by atoms with Gasteiger partial charge in [-0.2, -0.15) is 0 Å². The van der Waals surface area contributed by atoms with Crippen LogP contribution in [0.25, 0.3) is 0 Å². The van der Waals surface area contributed by atoms with Crippen LogP contribution in [0.15, 0.2) is 24.3 Å². The second-order valence-electron chi connectivity index (χ2n) is 5.05. The van der Waals surface area contributed by atoms with E-state index in [9.17, 15) is 4.39 Å². The zero-order valence-corrected chi connectivity index (χ0v) is 10.6. The molecule has 17 heavy (non-hydrogen) atoms. The zero-order chi connectivity index (χ0) is 12.3. The number of hydrogen-bond acceptors (Lipinski definition) is 2. The van der Waals surface area contributed by atoms with Crippen LogP contribution in [0.1, 0.15) is 24.4 Å². The van der Waals surface area contributed by atoms with E-state index in [1.807, 2.05) is 12.1 Å². The molecule has 2 rings (SSSR count). The van der Waals surface area contributed by atoms with Gasteiger partial charge in [0.25, 0.3) is 0 Å². The minimum Gasteiger partial charge on any atom is -0.317 e. The van der Waals surface area contributed by atoms with E-state index >= 15 is 0 Å². The van der Waals surface area contributed by atoms with E-state index in [0.29, 0.717) is 12.0 Å². The number of halogens is 1. The first-order chi connectivity index (χ1) is 8.18. The predicted molar refractivity (Wildman–Crippen MR) is 68.4 cm³/mol. The average Bonchev–Trinajstić information content (AvgIpc) is 2.30. The highest BCUT2D eigenvalue weighted by Crippen LogP contribution is 2.32. The summed E-state index contributed by atoms with van der Waals surface area (Å²) < 4.78 is 13.3. The van der Waals surface area contributed by atoms with E-state index in [-0.39, 0.29) is 5.82 Å². The maximum absolute atomic E-state index is 13.3. The number of hydrogen-bond donors (Lipinski definition) is 1. The lowest BCUT2D eigenvalue weighted by Crippen LogP contribution is -2.36. The molecule has 1 aliphatic heterocycles. The van der Waals surface area contributed by atoms with Gasteiger partial charge in [-0.25, -0.2) is 4.39 Å². The van der Waals surface area contributed by atoms with Crippen LogP contribution in [0.5, 0.6) is 0 Å². The van der Waals surface area contributed by atoms with Crippen molar-refractivity contribution in [3.8, 4) is 0 Å². The molecular weight excluding hydrogens is 215 g/mol. The molecule has 1 unspecified atom stereocenters. The Kier molecular flexibility index (Phi) is 4.13. The Labute approximate surface area is 103 Å². The van der Waals surface area contributed by atoms with Crippen LogP contribution >= 0.6 is 0 Å². The highest BCUT2D eigenvalue weighted by molar-refractivity contribution is 5.21. The van der Waals surface area contributed by atoms with Crippen LogP contribution < -0.4 is 5.32 Å². The van der Waals surface area contributed by atoms with Crippen molar-refractivity contribution in [1.29, 1.82) is 0 Å². The van der Waals surface area contributed by atoms with Crippen LogP contribution in [-0.4, -0.2) is 32.1 Å². The van der Waals surface area contributed by atoms with Gasteiger partial charge in [0.1, 0.15) is 5.82 Å². The van der Waals surface area contributed by atoms with Crippen molar-refractivity contribution < 1.29 is 4.39 Å². The van der Waals surface area contributed by atoms with Crippen molar-refractivity contribution in [2.45, 2.75) is 18.9 Å². The standard InChI is InChI=1S/C14H21FN2/c1-17(2)14(11-6-8-16-9-7-11)12-4-3-5-13(15)10-12/h3-5,10-11,14,16H,6-9H2,1-2H3. The summed E-state index contributed by atoms with van der Waals surface area (Å²) in [6, 6.07) is 7.36. The van der Waals surface area contributed by atoms with E-state index in [0.717, 1.165) is 18.7 Å². The largest absolute Gasteiger partial charge is 0.317 e. The van der Waals surface area contributed by atoms with Gasteiger partial charge in [0.05, 0.1) is 0 Å². The van der Waals surface area contributed by atoms with Gasteiger partial charge in [0.15, 0.2) is 0 Å². The number of rotatable bonds is 3. The van der Waals surface area contributed by atoms with Crippen molar-refractivity contribution in [3.63, 3.8) is 0 Å². The molecule has 3 heteroatoms. The van der Waals surface area contributed by atoms with Crippen molar-refractivity contribution in [3.05, 3.63) is 35.6 Å². The Morgan fingerprint density at radius 2 is 2.00 bits per heavy atom. The second-order valence-corrected chi connectivity index (χ2v) is 5.05. The number of benzene rings is 1. The molecule has 0 amide bonds. The first kappa shape index (κ1) is 12.5.